The van der Waals surface area contributed by atoms with Gasteiger partial charge in [0.15, 0.2) is 22.9 Å². The van der Waals surface area contributed by atoms with E-state index in [4.69, 9.17) is 0 Å². The Bertz CT molecular complexity index is 975. The summed E-state index contributed by atoms with van der Waals surface area (Å²) < 4.78 is 43.3. The van der Waals surface area contributed by atoms with E-state index in [1.165, 1.54) is 6.07 Å². The Morgan fingerprint density at radius 1 is 0.957 bits per heavy atom. The van der Waals surface area contributed by atoms with Crippen LogP contribution in [0.15, 0.2) is 47.3 Å². The number of hydrogen-bond donors (Lipinski definition) is 0. The Kier molecular flexibility index (Phi) is 3.04. The molecular weight excluding hydrogens is 303 g/mol. The summed E-state index contributed by atoms with van der Waals surface area (Å²) in [5, 5.41) is -0.131. The molecule has 1 fully saturated rings. The van der Waals surface area contributed by atoms with Crippen molar-refractivity contribution in [2.45, 2.75) is 18.9 Å². The molecule has 2 nitrogen and oxygen atoms in total. The van der Waals surface area contributed by atoms with E-state index >= 15 is 0 Å². The maximum Gasteiger partial charge on any atom is 0.196 e. The highest BCUT2D eigenvalue weighted by atomic mass is 19.2. The average Bonchev–Trinajstić information content (AvgIpc) is 3.39. The molecule has 0 amide bonds. The minimum atomic E-state index is -1.54. The topological polar surface area (TPSA) is 22.0 Å². The van der Waals surface area contributed by atoms with Crippen molar-refractivity contribution in [3.05, 3.63) is 70.1 Å². The van der Waals surface area contributed by atoms with Gasteiger partial charge in [0.2, 0.25) is 0 Å². The third kappa shape index (κ3) is 2.15. The minimum absolute atomic E-state index is 0.00679. The molecule has 1 aromatic heterocycles. The molecule has 0 atom stereocenters. The van der Waals surface area contributed by atoms with Crippen LogP contribution in [0, 0.1) is 17.5 Å². The van der Waals surface area contributed by atoms with Crippen molar-refractivity contribution in [2.75, 3.05) is 0 Å². The van der Waals surface area contributed by atoms with E-state index in [0.29, 0.717) is 5.69 Å². The fourth-order valence-electron chi connectivity index (χ4n) is 2.94. The first kappa shape index (κ1) is 14.1. The lowest BCUT2D eigenvalue weighted by Gasteiger charge is -2.17. The predicted molar refractivity (Wildman–Crippen MR) is 81.8 cm³/mol. The molecule has 1 heterocycles. The van der Waals surface area contributed by atoms with E-state index in [2.05, 4.69) is 0 Å². The Hall–Kier alpha value is -2.56. The van der Waals surface area contributed by atoms with Crippen molar-refractivity contribution in [1.82, 2.24) is 4.57 Å². The number of rotatable bonds is 2. The van der Waals surface area contributed by atoms with Gasteiger partial charge in [-0.25, -0.2) is 13.2 Å². The molecule has 0 radical (unpaired) electrons. The third-order valence-electron chi connectivity index (χ3n) is 4.15. The van der Waals surface area contributed by atoms with Crippen LogP contribution in [0.4, 0.5) is 13.2 Å². The van der Waals surface area contributed by atoms with E-state index in [-0.39, 0.29) is 16.9 Å². The highest BCUT2D eigenvalue weighted by Gasteiger charge is 2.30. The lowest BCUT2D eigenvalue weighted by molar-refractivity contribution is 0.450. The summed E-state index contributed by atoms with van der Waals surface area (Å²) in [6.45, 7) is 0. The summed E-state index contributed by atoms with van der Waals surface area (Å²) in [5.74, 6) is -4.19. The summed E-state index contributed by atoms with van der Waals surface area (Å²) in [5.41, 5.74) is 0.587. The Balaban J connectivity index is 2.17. The number of nitrogens with zero attached hydrogens (tertiary/aromatic N) is 1. The minimum Gasteiger partial charge on any atom is -0.335 e. The molecule has 4 rings (SSSR count). The van der Waals surface area contributed by atoms with Gasteiger partial charge < -0.3 is 4.57 Å². The maximum atomic E-state index is 14.4. The fourth-order valence-corrected chi connectivity index (χ4v) is 2.94. The van der Waals surface area contributed by atoms with Gasteiger partial charge in [-0.15, -0.1) is 0 Å². The maximum absolute atomic E-state index is 14.4. The second kappa shape index (κ2) is 4.98. The molecule has 0 saturated heterocycles. The molecule has 5 heteroatoms. The monoisotopic (exact) mass is 315 g/mol. The fraction of sp³-hybridized carbons (Fsp3) is 0.167. The highest BCUT2D eigenvalue weighted by molar-refractivity contribution is 5.83. The summed E-state index contributed by atoms with van der Waals surface area (Å²) in [4.78, 5) is 12.3. The zero-order chi connectivity index (χ0) is 16.1. The SMILES string of the molecule is O=c1cc(-c2ccccc2)n(C2CC2)c2c(F)c(F)c(F)cc12. The van der Waals surface area contributed by atoms with Gasteiger partial charge in [-0.3, -0.25) is 4.79 Å². The molecule has 0 bridgehead atoms. The Morgan fingerprint density at radius 2 is 1.65 bits per heavy atom. The second-order valence-corrected chi connectivity index (χ2v) is 5.74. The van der Waals surface area contributed by atoms with E-state index < -0.39 is 22.9 Å². The van der Waals surface area contributed by atoms with Crippen LogP contribution in [0.25, 0.3) is 22.2 Å². The summed E-state index contributed by atoms with van der Waals surface area (Å²) >= 11 is 0. The predicted octanol–water partition coefficient (Wildman–Crippen LogP) is 4.42. The van der Waals surface area contributed by atoms with Crippen molar-refractivity contribution < 1.29 is 13.2 Å². The van der Waals surface area contributed by atoms with Gasteiger partial charge in [-0.2, -0.15) is 0 Å². The van der Waals surface area contributed by atoms with Gasteiger partial charge >= 0.3 is 0 Å². The second-order valence-electron chi connectivity index (χ2n) is 5.74. The summed E-state index contributed by atoms with van der Waals surface area (Å²) in [6, 6.07) is 11.2. The van der Waals surface area contributed by atoms with Gasteiger partial charge in [0.25, 0.3) is 0 Å². The van der Waals surface area contributed by atoms with Crippen molar-refractivity contribution in [1.29, 1.82) is 0 Å². The highest BCUT2D eigenvalue weighted by Crippen LogP contribution is 2.41. The van der Waals surface area contributed by atoms with Crippen LogP contribution in [0.3, 0.4) is 0 Å². The molecule has 1 aliphatic rings. The van der Waals surface area contributed by atoms with Gasteiger partial charge in [-0.05, 0) is 24.5 Å². The van der Waals surface area contributed by atoms with Crippen LogP contribution in [-0.2, 0) is 0 Å². The zero-order valence-electron chi connectivity index (χ0n) is 12.0. The van der Waals surface area contributed by atoms with Crippen LogP contribution < -0.4 is 5.43 Å². The molecule has 0 N–H and O–H groups in total. The van der Waals surface area contributed by atoms with Gasteiger partial charge in [0.05, 0.1) is 16.6 Å². The molecule has 1 aliphatic carbocycles. The number of halogens is 3. The zero-order valence-corrected chi connectivity index (χ0v) is 12.0. The van der Waals surface area contributed by atoms with Gasteiger partial charge in [0.1, 0.15) is 0 Å². The number of fused-ring (bicyclic) bond motifs is 1. The Labute approximate surface area is 129 Å². The first-order valence-corrected chi connectivity index (χ1v) is 7.36. The summed E-state index contributed by atoms with van der Waals surface area (Å²) in [7, 11) is 0. The van der Waals surface area contributed by atoms with E-state index in [9.17, 15) is 18.0 Å². The lowest BCUT2D eigenvalue weighted by Crippen LogP contribution is -2.14. The van der Waals surface area contributed by atoms with Crippen LogP contribution in [0.2, 0.25) is 0 Å². The average molecular weight is 315 g/mol. The lowest BCUT2D eigenvalue weighted by atomic mass is 10.1. The van der Waals surface area contributed by atoms with Crippen molar-refractivity contribution in [3.63, 3.8) is 0 Å². The molecule has 0 unspecified atom stereocenters. The standard InChI is InChI=1S/C18H12F3NO/c19-13-8-12-15(23)9-14(10-4-2-1-3-5-10)22(11-6-7-11)18(12)17(21)16(13)20/h1-5,8-9,11H,6-7H2. The third-order valence-corrected chi connectivity index (χ3v) is 4.15. The number of hydrogen-bond acceptors (Lipinski definition) is 1. The van der Waals surface area contributed by atoms with E-state index in [1.807, 2.05) is 18.2 Å². The molecule has 0 spiro atoms. The largest absolute Gasteiger partial charge is 0.335 e. The quantitative estimate of drug-likeness (QED) is 0.642. The van der Waals surface area contributed by atoms with E-state index in [1.54, 1.807) is 16.7 Å². The molecular formula is C18H12F3NO. The summed E-state index contributed by atoms with van der Waals surface area (Å²) in [6.07, 6.45) is 1.63. The normalized spacial score (nSPS) is 14.4. The van der Waals surface area contributed by atoms with Crippen molar-refractivity contribution >= 4 is 10.9 Å². The Morgan fingerprint density at radius 3 is 2.30 bits per heavy atom. The van der Waals surface area contributed by atoms with Crippen LogP contribution in [-0.4, -0.2) is 4.57 Å². The number of aromatic nitrogens is 1. The van der Waals surface area contributed by atoms with Crippen LogP contribution in [0.5, 0.6) is 0 Å². The molecule has 0 aliphatic heterocycles. The first-order chi connectivity index (χ1) is 11.1. The van der Waals surface area contributed by atoms with Crippen LogP contribution in [0.1, 0.15) is 18.9 Å². The number of pyridine rings is 1. The molecule has 1 saturated carbocycles. The molecule has 3 aromatic rings. The molecule has 2 aromatic carbocycles. The molecule has 23 heavy (non-hydrogen) atoms. The molecule has 116 valence electrons. The van der Waals surface area contributed by atoms with Crippen molar-refractivity contribution in [3.8, 4) is 11.3 Å². The smallest absolute Gasteiger partial charge is 0.196 e. The van der Waals surface area contributed by atoms with E-state index in [0.717, 1.165) is 24.5 Å². The number of benzene rings is 2. The first-order valence-electron chi connectivity index (χ1n) is 7.36. The van der Waals surface area contributed by atoms with Gasteiger partial charge in [-0.1, -0.05) is 30.3 Å². The van der Waals surface area contributed by atoms with Crippen molar-refractivity contribution in [2.24, 2.45) is 0 Å². The van der Waals surface area contributed by atoms with Crippen LogP contribution >= 0.6 is 0 Å². The van der Waals surface area contributed by atoms with Gasteiger partial charge in [0, 0.05) is 12.1 Å².